The summed E-state index contributed by atoms with van der Waals surface area (Å²) in [5.74, 6) is 0.482. The zero-order valence-corrected chi connectivity index (χ0v) is 19.9. The van der Waals surface area contributed by atoms with Crippen molar-refractivity contribution in [3.8, 4) is 5.88 Å². The molecule has 12 heteroatoms. The van der Waals surface area contributed by atoms with E-state index in [9.17, 15) is 9.18 Å². The molecule has 0 aliphatic carbocycles. The van der Waals surface area contributed by atoms with Crippen LogP contribution in [0.5, 0.6) is 5.88 Å². The van der Waals surface area contributed by atoms with Crippen molar-refractivity contribution < 1.29 is 31.8 Å². The Kier molecular flexibility index (Phi) is 8.88. The average Bonchev–Trinajstić information content (AvgIpc) is 2.75. The molecule has 2 bridgehead atoms. The summed E-state index contributed by atoms with van der Waals surface area (Å²) in [5.41, 5.74) is 1.17. The highest BCUT2D eigenvalue weighted by Crippen LogP contribution is 2.31. The Labute approximate surface area is 200 Å². The van der Waals surface area contributed by atoms with E-state index in [0.717, 1.165) is 5.56 Å². The van der Waals surface area contributed by atoms with Gasteiger partial charge in [-0.2, -0.15) is 8.42 Å². The summed E-state index contributed by atoms with van der Waals surface area (Å²) in [7, 11) is 0. The van der Waals surface area contributed by atoms with Gasteiger partial charge in [0, 0.05) is 18.9 Å². The van der Waals surface area contributed by atoms with Crippen LogP contribution in [-0.2, 0) is 21.0 Å². The van der Waals surface area contributed by atoms with Gasteiger partial charge in [-0.1, -0.05) is 6.07 Å². The molecule has 0 saturated carbocycles. The fourth-order valence-corrected chi connectivity index (χ4v) is 4.02. The first-order valence-corrected chi connectivity index (χ1v) is 11.5. The number of ether oxygens (including phenoxy) is 3. The van der Waals surface area contributed by atoms with Crippen molar-refractivity contribution in [3.63, 3.8) is 0 Å². The van der Waals surface area contributed by atoms with Crippen LogP contribution in [0.1, 0.15) is 32.3 Å². The Hall–Kier alpha value is -3.12. The molecule has 184 valence electrons. The standard InChI is InChI=1S/C22H27FN4O4.O2S/c1-13(2)30-22(28)27-15-7-17(8-16(27)11-29-10-15)31-21-9-20(24-12-25-21)26-19-5-4-14(3)6-18(19)23;1-3-2/h4-6,9,12-13,15-17H,7-8,10-11H2,1-3H3,(H,24,25,26);. The number of nitrogens with one attached hydrogen (secondary N) is 1. The summed E-state index contributed by atoms with van der Waals surface area (Å²) >= 11 is -0.750. The third-order valence-corrected chi connectivity index (χ3v) is 5.34. The maximum Gasteiger partial charge on any atom is 0.410 e. The number of carbonyl (C=O) groups is 1. The third kappa shape index (κ3) is 6.70. The van der Waals surface area contributed by atoms with Gasteiger partial charge in [-0.15, -0.1) is 0 Å². The van der Waals surface area contributed by atoms with Gasteiger partial charge in [-0.25, -0.2) is 19.2 Å². The zero-order chi connectivity index (χ0) is 24.7. The van der Waals surface area contributed by atoms with Crippen LogP contribution in [0.25, 0.3) is 0 Å². The Bertz CT molecular complexity index is 1020. The molecule has 3 heterocycles. The largest absolute Gasteiger partial charge is 0.474 e. The monoisotopic (exact) mass is 494 g/mol. The summed E-state index contributed by atoms with van der Waals surface area (Å²) in [5, 5.41) is 2.96. The van der Waals surface area contributed by atoms with Gasteiger partial charge < -0.3 is 19.5 Å². The van der Waals surface area contributed by atoms with E-state index in [1.165, 1.54) is 12.4 Å². The number of hydrogen-bond acceptors (Lipinski definition) is 9. The highest BCUT2D eigenvalue weighted by Gasteiger charge is 2.43. The van der Waals surface area contributed by atoms with E-state index in [2.05, 4.69) is 15.3 Å². The lowest BCUT2D eigenvalue weighted by atomic mass is 9.92. The van der Waals surface area contributed by atoms with E-state index in [1.54, 1.807) is 17.0 Å². The number of halogens is 1. The predicted molar refractivity (Wildman–Crippen MR) is 121 cm³/mol. The van der Waals surface area contributed by atoms with Crippen molar-refractivity contribution in [3.05, 3.63) is 42.0 Å². The van der Waals surface area contributed by atoms with Crippen molar-refractivity contribution in [2.45, 2.75) is 57.9 Å². The number of morpholine rings is 1. The van der Waals surface area contributed by atoms with Gasteiger partial charge in [0.25, 0.3) is 0 Å². The molecule has 2 atom stereocenters. The van der Waals surface area contributed by atoms with Gasteiger partial charge in [0.2, 0.25) is 5.88 Å². The Morgan fingerprint density at radius 1 is 1.21 bits per heavy atom. The normalized spacial score (nSPS) is 21.2. The van der Waals surface area contributed by atoms with Crippen LogP contribution >= 0.6 is 0 Å². The molecule has 2 aliphatic rings. The molecule has 2 fully saturated rings. The number of aromatic nitrogens is 2. The number of fused-ring (bicyclic) bond motifs is 2. The van der Waals surface area contributed by atoms with Crippen LogP contribution in [0, 0.1) is 12.7 Å². The molecule has 1 aromatic carbocycles. The van der Waals surface area contributed by atoms with Crippen molar-refractivity contribution in [1.29, 1.82) is 0 Å². The summed E-state index contributed by atoms with van der Waals surface area (Å²) < 4.78 is 47.9. The average molecular weight is 495 g/mol. The maximum atomic E-state index is 14.1. The fourth-order valence-electron chi connectivity index (χ4n) is 4.02. The second-order valence-electron chi connectivity index (χ2n) is 8.31. The van der Waals surface area contributed by atoms with Gasteiger partial charge in [0.1, 0.15) is 24.1 Å². The lowest BCUT2D eigenvalue weighted by molar-refractivity contribution is -0.0933. The molecule has 1 N–H and O–H groups in total. The predicted octanol–water partition coefficient (Wildman–Crippen LogP) is 3.15. The van der Waals surface area contributed by atoms with E-state index in [1.807, 2.05) is 26.8 Å². The van der Waals surface area contributed by atoms with Gasteiger partial charge in [-0.3, -0.25) is 4.90 Å². The van der Waals surface area contributed by atoms with Gasteiger partial charge in [-0.05, 0) is 38.5 Å². The molecular formula is C22H27FN4O6S. The van der Waals surface area contributed by atoms with Crippen molar-refractivity contribution in [2.75, 3.05) is 18.5 Å². The van der Waals surface area contributed by atoms with Crippen LogP contribution in [0.3, 0.4) is 0 Å². The Balaban J connectivity index is 0.00000103. The molecule has 2 aromatic rings. The summed E-state index contributed by atoms with van der Waals surface area (Å²) in [6.45, 7) is 6.41. The lowest BCUT2D eigenvalue weighted by Crippen LogP contribution is -2.61. The van der Waals surface area contributed by atoms with Crippen molar-refractivity contribution in [1.82, 2.24) is 14.9 Å². The molecule has 4 rings (SSSR count). The Morgan fingerprint density at radius 2 is 1.88 bits per heavy atom. The lowest BCUT2D eigenvalue weighted by Gasteiger charge is -2.47. The SMILES string of the molecule is Cc1ccc(Nc2cc(OC3CC4COCC(C3)N4C(=O)OC(C)C)ncn2)c(F)c1.O=S=O. The van der Waals surface area contributed by atoms with E-state index in [0.29, 0.717) is 43.4 Å². The minimum atomic E-state index is -0.750. The Morgan fingerprint density at radius 3 is 2.50 bits per heavy atom. The van der Waals surface area contributed by atoms with Crippen molar-refractivity contribution in [2.24, 2.45) is 0 Å². The summed E-state index contributed by atoms with van der Waals surface area (Å²) in [6.07, 6.45) is 2.00. The van der Waals surface area contributed by atoms with E-state index < -0.39 is 11.6 Å². The number of aryl methyl sites for hydroxylation is 1. The third-order valence-electron chi connectivity index (χ3n) is 5.34. The molecule has 10 nitrogen and oxygen atoms in total. The number of benzene rings is 1. The number of piperidine rings is 1. The number of hydrogen-bond donors (Lipinski definition) is 1. The first-order chi connectivity index (χ1) is 16.3. The van der Waals surface area contributed by atoms with Crippen LogP contribution in [0.2, 0.25) is 0 Å². The van der Waals surface area contributed by atoms with Crippen LogP contribution < -0.4 is 10.1 Å². The van der Waals surface area contributed by atoms with E-state index in [4.69, 9.17) is 22.6 Å². The quantitative estimate of drug-likeness (QED) is 0.668. The summed E-state index contributed by atoms with van der Waals surface area (Å²) in [6, 6.07) is 6.38. The molecule has 2 saturated heterocycles. The highest BCUT2D eigenvalue weighted by atomic mass is 32.1. The smallest absolute Gasteiger partial charge is 0.410 e. The van der Waals surface area contributed by atoms with Crippen molar-refractivity contribution >= 4 is 29.2 Å². The van der Waals surface area contributed by atoms with E-state index >= 15 is 0 Å². The number of amides is 1. The van der Waals surface area contributed by atoms with Crippen LogP contribution in [0.15, 0.2) is 30.6 Å². The number of carbonyl (C=O) groups excluding carboxylic acids is 1. The molecule has 34 heavy (non-hydrogen) atoms. The molecule has 2 unspecified atom stereocenters. The first kappa shape index (κ1) is 25.5. The van der Waals surface area contributed by atoms with Crippen LogP contribution in [-0.4, -0.2) is 66.9 Å². The first-order valence-electron chi connectivity index (χ1n) is 10.8. The maximum absolute atomic E-state index is 14.1. The molecule has 2 aliphatic heterocycles. The fraction of sp³-hybridized carbons (Fsp3) is 0.500. The molecular weight excluding hydrogens is 467 g/mol. The minimum absolute atomic E-state index is 0.107. The summed E-state index contributed by atoms with van der Waals surface area (Å²) in [4.78, 5) is 22.6. The molecule has 0 spiro atoms. The topological polar surface area (TPSA) is 120 Å². The number of anilines is 2. The number of rotatable bonds is 5. The molecule has 0 radical (unpaired) electrons. The second-order valence-corrected chi connectivity index (χ2v) is 8.45. The van der Waals surface area contributed by atoms with Gasteiger partial charge in [0.05, 0.1) is 37.1 Å². The zero-order valence-electron chi connectivity index (χ0n) is 19.1. The van der Waals surface area contributed by atoms with E-state index in [-0.39, 0.29) is 36.2 Å². The van der Waals surface area contributed by atoms with Crippen LogP contribution in [0.4, 0.5) is 20.7 Å². The van der Waals surface area contributed by atoms with Gasteiger partial charge in [0.15, 0.2) is 0 Å². The highest BCUT2D eigenvalue weighted by molar-refractivity contribution is 7.51. The second kappa shape index (κ2) is 11.8. The molecule has 1 aromatic heterocycles. The number of nitrogens with zero attached hydrogens (tertiary/aromatic N) is 3. The van der Waals surface area contributed by atoms with Gasteiger partial charge >= 0.3 is 17.7 Å². The minimum Gasteiger partial charge on any atom is -0.474 e. The molecule has 1 amide bonds.